The Bertz CT molecular complexity index is 793. The number of hydrogen-bond donors (Lipinski definition) is 1. The van der Waals surface area contributed by atoms with Crippen LogP contribution in [0, 0.1) is 6.92 Å². The maximum absolute atomic E-state index is 12.7. The zero-order valence-corrected chi connectivity index (χ0v) is 14.0. The minimum atomic E-state index is -3.48. The molecule has 0 unspecified atom stereocenters. The number of sulfonamides is 1. The Labute approximate surface area is 136 Å². The van der Waals surface area contributed by atoms with Gasteiger partial charge in [0.2, 0.25) is 10.0 Å². The summed E-state index contributed by atoms with van der Waals surface area (Å²) in [7, 11) is -1.61. The van der Waals surface area contributed by atoms with Gasteiger partial charge in [-0.05, 0) is 37.6 Å². The Balaban J connectivity index is 1.83. The first-order chi connectivity index (χ1) is 11.0. The number of nitrogens with zero attached hydrogens (tertiary/aromatic N) is 3. The van der Waals surface area contributed by atoms with Gasteiger partial charge in [0.25, 0.3) is 0 Å². The van der Waals surface area contributed by atoms with E-state index in [1.165, 1.54) is 10.5 Å². The summed E-state index contributed by atoms with van der Waals surface area (Å²) in [5.74, 6) is 0.119. The Morgan fingerprint density at radius 3 is 2.87 bits per heavy atom. The molecule has 3 rings (SSSR count). The molecule has 3 heterocycles. The van der Waals surface area contributed by atoms with Gasteiger partial charge in [-0.2, -0.15) is 4.31 Å². The van der Waals surface area contributed by atoms with E-state index in [1.54, 1.807) is 18.3 Å². The third kappa shape index (κ3) is 3.20. The van der Waals surface area contributed by atoms with E-state index >= 15 is 0 Å². The minimum Gasteiger partial charge on any atom is -0.388 e. The number of anilines is 1. The number of pyridine rings is 2. The molecule has 7 heteroatoms. The van der Waals surface area contributed by atoms with Crippen LogP contribution >= 0.6 is 0 Å². The summed E-state index contributed by atoms with van der Waals surface area (Å²) in [6, 6.07) is 7.20. The fourth-order valence-corrected chi connectivity index (χ4v) is 4.35. The van der Waals surface area contributed by atoms with Crippen LogP contribution in [0.15, 0.2) is 41.6 Å². The van der Waals surface area contributed by atoms with Crippen LogP contribution in [0.4, 0.5) is 5.69 Å². The summed E-state index contributed by atoms with van der Waals surface area (Å²) in [5, 5.41) is 3.12. The maximum atomic E-state index is 12.7. The molecule has 1 fully saturated rings. The third-order valence-corrected chi connectivity index (χ3v) is 5.95. The Morgan fingerprint density at radius 2 is 2.17 bits per heavy atom. The van der Waals surface area contributed by atoms with Crippen molar-refractivity contribution in [2.24, 2.45) is 0 Å². The van der Waals surface area contributed by atoms with Crippen molar-refractivity contribution in [3.63, 3.8) is 0 Å². The van der Waals surface area contributed by atoms with Crippen LogP contribution < -0.4 is 5.32 Å². The SMILES string of the molecule is CNc1cc(C)nc([C@@H]2CCN(S(=O)(=O)c3cccnc3)C2)c1. The molecule has 1 aliphatic rings. The van der Waals surface area contributed by atoms with Crippen molar-refractivity contribution in [3.05, 3.63) is 48.0 Å². The first kappa shape index (κ1) is 15.9. The van der Waals surface area contributed by atoms with Crippen LogP contribution in [0.3, 0.4) is 0 Å². The highest BCUT2D eigenvalue weighted by molar-refractivity contribution is 7.89. The first-order valence-corrected chi connectivity index (χ1v) is 9.01. The average molecular weight is 332 g/mol. The zero-order valence-electron chi connectivity index (χ0n) is 13.2. The second-order valence-electron chi connectivity index (χ2n) is 5.71. The Hall–Kier alpha value is -1.99. The van der Waals surface area contributed by atoms with E-state index in [0.717, 1.165) is 23.5 Å². The zero-order chi connectivity index (χ0) is 16.4. The molecule has 0 aromatic carbocycles. The van der Waals surface area contributed by atoms with Crippen LogP contribution in [0.5, 0.6) is 0 Å². The number of nitrogens with one attached hydrogen (secondary N) is 1. The molecule has 0 radical (unpaired) electrons. The molecule has 122 valence electrons. The largest absolute Gasteiger partial charge is 0.388 e. The molecule has 1 aliphatic heterocycles. The van der Waals surface area contributed by atoms with Crippen molar-refractivity contribution in [1.82, 2.24) is 14.3 Å². The maximum Gasteiger partial charge on any atom is 0.244 e. The van der Waals surface area contributed by atoms with Gasteiger partial charge in [-0.1, -0.05) is 0 Å². The molecule has 0 saturated carbocycles. The molecule has 1 atom stereocenters. The molecule has 0 amide bonds. The van der Waals surface area contributed by atoms with Crippen molar-refractivity contribution >= 4 is 15.7 Å². The lowest BCUT2D eigenvalue weighted by Gasteiger charge is -2.16. The quantitative estimate of drug-likeness (QED) is 0.927. The number of aryl methyl sites for hydroxylation is 1. The predicted octanol–water partition coefficient (Wildman–Crippen LogP) is 2.00. The van der Waals surface area contributed by atoms with Crippen LogP contribution in [-0.2, 0) is 10.0 Å². The molecule has 0 spiro atoms. The van der Waals surface area contributed by atoms with Crippen LogP contribution in [-0.4, -0.2) is 42.8 Å². The van der Waals surface area contributed by atoms with Gasteiger partial charge in [0.1, 0.15) is 4.90 Å². The molecule has 1 N–H and O–H groups in total. The lowest BCUT2D eigenvalue weighted by atomic mass is 10.0. The minimum absolute atomic E-state index is 0.119. The van der Waals surface area contributed by atoms with Gasteiger partial charge in [-0.3, -0.25) is 9.97 Å². The second kappa shape index (κ2) is 6.25. The highest BCUT2D eigenvalue weighted by Gasteiger charge is 2.34. The van der Waals surface area contributed by atoms with Gasteiger partial charge >= 0.3 is 0 Å². The molecule has 2 aromatic heterocycles. The molecular weight excluding hydrogens is 312 g/mol. The van der Waals surface area contributed by atoms with Crippen LogP contribution in [0.1, 0.15) is 23.7 Å². The molecule has 23 heavy (non-hydrogen) atoms. The topological polar surface area (TPSA) is 75.2 Å². The highest BCUT2D eigenvalue weighted by Crippen LogP contribution is 2.31. The van der Waals surface area contributed by atoms with Crippen molar-refractivity contribution in [2.75, 3.05) is 25.5 Å². The van der Waals surface area contributed by atoms with Crippen LogP contribution in [0.2, 0.25) is 0 Å². The van der Waals surface area contributed by atoms with Crippen molar-refractivity contribution in [3.8, 4) is 0 Å². The lowest BCUT2D eigenvalue weighted by Crippen LogP contribution is -2.28. The summed E-state index contributed by atoms with van der Waals surface area (Å²) in [6.45, 7) is 2.91. The monoisotopic (exact) mass is 332 g/mol. The number of rotatable bonds is 4. The number of aromatic nitrogens is 2. The van der Waals surface area contributed by atoms with Crippen molar-refractivity contribution in [1.29, 1.82) is 0 Å². The highest BCUT2D eigenvalue weighted by atomic mass is 32.2. The average Bonchev–Trinajstić information content (AvgIpc) is 3.06. The molecule has 6 nitrogen and oxygen atoms in total. The summed E-state index contributed by atoms with van der Waals surface area (Å²) in [5.41, 5.74) is 2.87. The van der Waals surface area contributed by atoms with Crippen LogP contribution in [0.25, 0.3) is 0 Å². The van der Waals surface area contributed by atoms with Gasteiger partial charge in [-0.25, -0.2) is 8.42 Å². The molecule has 0 aliphatic carbocycles. The summed E-state index contributed by atoms with van der Waals surface area (Å²) >= 11 is 0. The standard InChI is InChI=1S/C16H20N4O2S/c1-12-8-14(17-2)9-16(19-12)13-5-7-20(11-13)23(21,22)15-4-3-6-18-10-15/h3-4,6,8-10,13H,5,7,11H2,1-2H3,(H,17,19)/t13-/m1/s1. The van der Waals surface area contributed by atoms with E-state index in [2.05, 4.69) is 15.3 Å². The summed E-state index contributed by atoms with van der Waals surface area (Å²) in [4.78, 5) is 8.73. The first-order valence-electron chi connectivity index (χ1n) is 7.57. The summed E-state index contributed by atoms with van der Waals surface area (Å²) < 4.78 is 26.8. The van der Waals surface area contributed by atoms with Gasteiger partial charge < -0.3 is 5.32 Å². The van der Waals surface area contributed by atoms with Gasteiger partial charge in [0, 0.05) is 55.5 Å². The fraction of sp³-hybridized carbons (Fsp3) is 0.375. The van der Waals surface area contributed by atoms with Gasteiger partial charge in [0.15, 0.2) is 0 Å². The third-order valence-electron chi connectivity index (χ3n) is 4.10. The van der Waals surface area contributed by atoms with Crippen molar-refractivity contribution < 1.29 is 8.42 Å². The van der Waals surface area contributed by atoms with E-state index < -0.39 is 10.0 Å². The van der Waals surface area contributed by atoms with E-state index in [-0.39, 0.29) is 10.8 Å². The van der Waals surface area contributed by atoms with E-state index in [4.69, 9.17) is 0 Å². The normalized spacial score (nSPS) is 19.0. The molecule has 0 bridgehead atoms. The smallest absolute Gasteiger partial charge is 0.244 e. The molecular formula is C16H20N4O2S. The lowest BCUT2D eigenvalue weighted by molar-refractivity contribution is 0.472. The van der Waals surface area contributed by atoms with E-state index in [0.29, 0.717) is 13.1 Å². The fourth-order valence-electron chi connectivity index (χ4n) is 2.88. The van der Waals surface area contributed by atoms with E-state index in [9.17, 15) is 8.42 Å². The number of hydrogen-bond acceptors (Lipinski definition) is 5. The van der Waals surface area contributed by atoms with E-state index in [1.807, 2.05) is 26.1 Å². The molecule has 2 aromatic rings. The van der Waals surface area contributed by atoms with Gasteiger partial charge in [0.05, 0.1) is 0 Å². The van der Waals surface area contributed by atoms with Gasteiger partial charge in [-0.15, -0.1) is 0 Å². The Kier molecular flexibility index (Phi) is 4.32. The molecule has 1 saturated heterocycles. The predicted molar refractivity (Wildman–Crippen MR) is 88.9 cm³/mol. The second-order valence-corrected chi connectivity index (χ2v) is 7.65. The Morgan fingerprint density at radius 1 is 1.35 bits per heavy atom. The van der Waals surface area contributed by atoms with Crippen molar-refractivity contribution in [2.45, 2.75) is 24.2 Å². The summed E-state index contributed by atoms with van der Waals surface area (Å²) in [6.07, 6.45) is 3.74.